The quantitative estimate of drug-likeness (QED) is 0.567. The number of carboxylic acids is 1. The fraction of sp³-hybridized carbons (Fsp3) is 0.778. The summed E-state index contributed by atoms with van der Waals surface area (Å²) in [4.78, 5) is 21.9. The van der Waals surface area contributed by atoms with E-state index in [0.717, 1.165) is 12.8 Å². The fourth-order valence-electron chi connectivity index (χ4n) is 2.44. The Morgan fingerprint density at radius 1 is 1.50 bits per heavy atom. The Morgan fingerprint density at radius 3 is 2.86 bits per heavy atom. The van der Waals surface area contributed by atoms with Crippen molar-refractivity contribution in [2.75, 3.05) is 6.54 Å². The molecule has 0 aromatic heterocycles. The monoisotopic (exact) mass is 198 g/mol. The van der Waals surface area contributed by atoms with Crippen LogP contribution in [0.1, 0.15) is 25.7 Å². The lowest BCUT2D eigenvalue weighted by Crippen LogP contribution is -2.57. The van der Waals surface area contributed by atoms with Crippen LogP contribution in [0.2, 0.25) is 0 Å². The number of nitrogens with one attached hydrogen (secondary N) is 2. The summed E-state index contributed by atoms with van der Waals surface area (Å²) >= 11 is 0. The van der Waals surface area contributed by atoms with Crippen LogP contribution >= 0.6 is 0 Å². The molecule has 2 atom stereocenters. The third-order valence-corrected chi connectivity index (χ3v) is 3.23. The van der Waals surface area contributed by atoms with E-state index in [2.05, 4.69) is 10.6 Å². The number of aliphatic carboxylic acids is 1. The Bertz CT molecular complexity index is 279. The van der Waals surface area contributed by atoms with E-state index < -0.39 is 5.97 Å². The number of hydrogen-bond acceptors (Lipinski definition) is 2. The van der Waals surface area contributed by atoms with Crippen molar-refractivity contribution < 1.29 is 14.7 Å². The predicted octanol–water partition coefficient (Wildman–Crippen LogP) is 0.313. The zero-order valence-electron chi connectivity index (χ0n) is 7.88. The predicted molar refractivity (Wildman–Crippen MR) is 48.9 cm³/mol. The molecule has 1 spiro atoms. The first-order chi connectivity index (χ1) is 6.61. The first-order valence-corrected chi connectivity index (χ1v) is 4.90. The van der Waals surface area contributed by atoms with Gasteiger partial charge >= 0.3 is 12.0 Å². The van der Waals surface area contributed by atoms with Crippen molar-refractivity contribution in [2.24, 2.45) is 5.92 Å². The number of carboxylic acid groups (broad SMARTS) is 1. The van der Waals surface area contributed by atoms with Gasteiger partial charge in [-0.15, -0.1) is 0 Å². The van der Waals surface area contributed by atoms with Crippen LogP contribution in [0.15, 0.2) is 0 Å². The maximum absolute atomic E-state index is 11.1. The van der Waals surface area contributed by atoms with Gasteiger partial charge in [0.25, 0.3) is 0 Å². The van der Waals surface area contributed by atoms with Crippen molar-refractivity contribution >= 4 is 12.0 Å². The first-order valence-electron chi connectivity index (χ1n) is 4.90. The maximum Gasteiger partial charge on any atom is 0.315 e. The minimum Gasteiger partial charge on any atom is -0.481 e. The number of amides is 2. The van der Waals surface area contributed by atoms with Gasteiger partial charge in [0.15, 0.2) is 0 Å². The van der Waals surface area contributed by atoms with Gasteiger partial charge in [-0.3, -0.25) is 4.79 Å². The van der Waals surface area contributed by atoms with Crippen LogP contribution in [0.5, 0.6) is 0 Å². The largest absolute Gasteiger partial charge is 0.481 e. The van der Waals surface area contributed by atoms with Crippen LogP contribution in [-0.4, -0.2) is 29.2 Å². The van der Waals surface area contributed by atoms with Crippen LogP contribution in [0.4, 0.5) is 4.79 Å². The molecule has 14 heavy (non-hydrogen) atoms. The zero-order chi connectivity index (χ0) is 10.2. The minimum absolute atomic E-state index is 0.165. The maximum atomic E-state index is 11.1. The standard InChI is InChI=1S/C9H14N2O3/c12-7(13)6-1-2-9(5-6)3-4-10-8(14)11-9/h6H,1-5H2,(H,12,13)(H2,10,11,14). The molecule has 2 rings (SSSR count). The highest BCUT2D eigenvalue weighted by atomic mass is 16.4. The van der Waals surface area contributed by atoms with Crippen molar-refractivity contribution in [3.05, 3.63) is 0 Å². The average molecular weight is 198 g/mol. The molecule has 78 valence electrons. The van der Waals surface area contributed by atoms with Gasteiger partial charge in [-0.05, 0) is 25.7 Å². The van der Waals surface area contributed by atoms with Crippen LogP contribution in [-0.2, 0) is 4.79 Å². The normalized spacial score (nSPS) is 36.6. The molecule has 3 N–H and O–H groups in total. The topological polar surface area (TPSA) is 78.4 Å². The molecule has 0 radical (unpaired) electrons. The molecule has 0 aromatic carbocycles. The highest BCUT2D eigenvalue weighted by Crippen LogP contribution is 2.37. The van der Waals surface area contributed by atoms with E-state index in [9.17, 15) is 9.59 Å². The van der Waals surface area contributed by atoms with Gasteiger partial charge in [-0.1, -0.05) is 0 Å². The van der Waals surface area contributed by atoms with Gasteiger partial charge in [0.1, 0.15) is 0 Å². The molecule has 2 fully saturated rings. The summed E-state index contributed by atoms with van der Waals surface area (Å²) < 4.78 is 0. The van der Waals surface area contributed by atoms with Crippen molar-refractivity contribution in [3.8, 4) is 0 Å². The molecule has 2 amide bonds. The molecular weight excluding hydrogens is 184 g/mol. The number of hydrogen-bond donors (Lipinski definition) is 3. The summed E-state index contributed by atoms with van der Waals surface area (Å²) in [7, 11) is 0. The van der Waals surface area contributed by atoms with E-state index in [1.54, 1.807) is 0 Å². The van der Waals surface area contributed by atoms with E-state index in [1.807, 2.05) is 0 Å². The summed E-state index contributed by atoms with van der Waals surface area (Å²) in [5.41, 5.74) is -0.245. The smallest absolute Gasteiger partial charge is 0.315 e. The number of carbonyl (C=O) groups is 2. The van der Waals surface area contributed by atoms with Gasteiger partial charge in [0.05, 0.1) is 5.92 Å². The molecule has 5 nitrogen and oxygen atoms in total. The fourth-order valence-corrected chi connectivity index (χ4v) is 2.44. The van der Waals surface area contributed by atoms with Crippen LogP contribution < -0.4 is 10.6 Å². The zero-order valence-corrected chi connectivity index (χ0v) is 7.88. The third-order valence-electron chi connectivity index (χ3n) is 3.23. The second kappa shape index (κ2) is 3.15. The van der Waals surface area contributed by atoms with Crippen LogP contribution in [0.25, 0.3) is 0 Å². The van der Waals surface area contributed by atoms with Crippen molar-refractivity contribution in [2.45, 2.75) is 31.2 Å². The molecule has 5 heteroatoms. The number of carbonyl (C=O) groups excluding carboxylic acids is 1. The Morgan fingerprint density at radius 2 is 2.29 bits per heavy atom. The van der Waals surface area contributed by atoms with Crippen LogP contribution in [0.3, 0.4) is 0 Å². The highest BCUT2D eigenvalue weighted by Gasteiger charge is 2.44. The molecule has 0 bridgehead atoms. The molecular formula is C9H14N2O3. The van der Waals surface area contributed by atoms with Gasteiger partial charge in [0.2, 0.25) is 0 Å². The number of rotatable bonds is 1. The lowest BCUT2D eigenvalue weighted by atomic mass is 9.90. The van der Waals surface area contributed by atoms with Gasteiger partial charge in [-0.25, -0.2) is 4.79 Å². The van der Waals surface area contributed by atoms with E-state index >= 15 is 0 Å². The molecule has 2 unspecified atom stereocenters. The summed E-state index contributed by atoms with van der Waals surface area (Å²) in [6.45, 7) is 0.651. The van der Waals surface area contributed by atoms with E-state index in [-0.39, 0.29) is 17.5 Å². The molecule has 1 aliphatic heterocycles. The lowest BCUT2D eigenvalue weighted by molar-refractivity contribution is -0.141. The Balaban J connectivity index is 2.04. The van der Waals surface area contributed by atoms with Gasteiger partial charge < -0.3 is 15.7 Å². The summed E-state index contributed by atoms with van der Waals surface area (Å²) in [6.07, 6.45) is 2.88. The molecule has 2 aliphatic rings. The van der Waals surface area contributed by atoms with Gasteiger partial charge in [0, 0.05) is 12.1 Å². The summed E-state index contributed by atoms with van der Waals surface area (Å²) in [6, 6.07) is -0.165. The minimum atomic E-state index is -0.741. The summed E-state index contributed by atoms with van der Waals surface area (Å²) in [5, 5.41) is 14.4. The van der Waals surface area contributed by atoms with Crippen molar-refractivity contribution in [3.63, 3.8) is 0 Å². The highest BCUT2D eigenvalue weighted by molar-refractivity contribution is 5.76. The second-order valence-electron chi connectivity index (χ2n) is 4.19. The van der Waals surface area contributed by atoms with Crippen molar-refractivity contribution in [1.29, 1.82) is 0 Å². The second-order valence-corrected chi connectivity index (χ2v) is 4.19. The van der Waals surface area contributed by atoms with E-state index in [1.165, 1.54) is 0 Å². The van der Waals surface area contributed by atoms with E-state index in [0.29, 0.717) is 19.4 Å². The molecule has 1 saturated heterocycles. The molecule has 1 saturated carbocycles. The average Bonchev–Trinajstić information content (AvgIpc) is 2.49. The molecule has 0 aromatic rings. The summed E-state index contributed by atoms with van der Waals surface area (Å²) in [5.74, 6) is -1.02. The van der Waals surface area contributed by atoms with Crippen molar-refractivity contribution in [1.82, 2.24) is 10.6 Å². The lowest BCUT2D eigenvalue weighted by Gasteiger charge is -2.34. The van der Waals surface area contributed by atoms with E-state index in [4.69, 9.17) is 5.11 Å². The Hall–Kier alpha value is -1.26. The number of urea groups is 1. The molecule has 1 heterocycles. The molecule has 1 aliphatic carbocycles. The van der Waals surface area contributed by atoms with Crippen LogP contribution in [0, 0.1) is 5.92 Å². The Labute approximate surface area is 81.9 Å². The third kappa shape index (κ3) is 1.54. The van der Waals surface area contributed by atoms with Gasteiger partial charge in [-0.2, -0.15) is 0 Å². The Kier molecular flexibility index (Phi) is 2.09. The SMILES string of the molecule is O=C1NCCC2(CCC(C(=O)O)C2)N1. The first kappa shape index (κ1) is 9.30.